The monoisotopic (exact) mass is 453 g/mol. The van der Waals surface area contributed by atoms with Crippen LogP contribution in [-0.2, 0) is 11.3 Å². The molecule has 4 rings (SSSR count). The Labute approximate surface area is 196 Å². The van der Waals surface area contributed by atoms with Crippen LogP contribution >= 0.6 is 0 Å². The summed E-state index contributed by atoms with van der Waals surface area (Å²) < 4.78 is 5.51. The molecule has 0 aliphatic carbocycles. The highest BCUT2D eigenvalue weighted by atomic mass is 16.5. The van der Waals surface area contributed by atoms with Crippen molar-refractivity contribution in [2.75, 3.05) is 6.61 Å². The highest BCUT2D eigenvalue weighted by Gasteiger charge is 2.11. The molecule has 4 aromatic rings. The zero-order valence-corrected chi connectivity index (χ0v) is 18.3. The van der Waals surface area contributed by atoms with E-state index in [0.29, 0.717) is 12.3 Å². The van der Waals surface area contributed by atoms with Gasteiger partial charge in [-0.15, -0.1) is 0 Å². The van der Waals surface area contributed by atoms with Crippen LogP contribution in [0.4, 0.5) is 0 Å². The van der Waals surface area contributed by atoms with E-state index < -0.39 is 5.91 Å². The average Bonchev–Trinajstić information content (AvgIpc) is 2.87. The standard InChI is InChI=1S/C27H23N3O4/c31-25-15-22-9-5-4-8-21(22)14-24(25)27(33)30-29-17-20-10-12-23(13-11-20)34-18-26(32)28-16-19-6-2-1-3-7-19/h1-15,17,31H,16,18H2,(H,28,32)(H,30,33)/b29-17-. The zero-order valence-electron chi connectivity index (χ0n) is 18.3. The molecule has 7 nitrogen and oxygen atoms in total. The van der Waals surface area contributed by atoms with E-state index in [9.17, 15) is 14.7 Å². The Bertz CT molecular complexity index is 1320. The number of carbonyl (C=O) groups excluding carboxylic acids is 2. The number of phenols is 1. The fourth-order valence-electron chi connectivity index (χ4n) is 3.28. The summed E-state index contributed by atoms with van der Waals surface area (Å²) in [5, 5.41) is 18.6. The van der Waals surface area contributed by atoms with Gasteiger partial charge >= 0.3 is 0 Å². The van der Waals surface area contributed by atoms with Crippen LogP contribution in [0.5, 0.6) is 11.5 Å². The number of hydrogen-bond donors (Lipinski definition) is 3. The van der Waals surface area contributed by atoms with Gasteiger partial charge in [-0.05, 0) is 58.3 Å². The number of ether oxygens (including phenoxy) is 1. The number of hydrazone groups is 1. The smallest absolute Gasteiger partial charge is 0.275 e. The van der Waals surface area contributed by atoms with Crippen LogP contribution in [0.15, 0.2) is 96.1 Å². The Hall–Kier alpha value is -4.65. The first-order chi connectivity index (χ1) is 16.6. The molecule has 0 saturated heterocycles. The maximum Gasteiger partial charge on any atom is 0.275 e. The lowest BCUT2D eigenvalue weighted by Crippen LogP contribution is -2.28. The lowest BCUT2D eigenvalue weighted by Gasteiger charge is -2.08. The van der Waals surface area contributed by atoms with Gasteiger partial charge in [-0.1, -0.05) is 54.6 Å². The number of benzene rings is 4. The third-order valence-electron chi connectivity index (χ3n) is 5.07. The highest BCUT2D eigenvalue weighted by Crippen LogP contribution is 2.24. The lowest BCUT2D eigenvalue weighted by molar-refractivity contribution is -0.123. The SMILES string of the molecule is O=C(COc1ccc(/C=N\NC(=O)c2cc3ccccc3cc2O)cc1)NCc1ccccc1. The van der Waals surface area contributed by atoms with E-state index in [2.05, 4.69) is 15.8 Å². The second kappa shape index (κ2) is 10.8. The molecule has 0 saturated carbocycles. The molecule has 0 heterocycles. The van der Waals surface area contributed by atoms with E-state index in [-0.39, 0.29) is 23.8 Å². The molecule has 0 unspecified atom stereocenters. The first kappa shape index (κ1) is 22.5. The number of aromatic hydroxyl groups is 1. The van der Waals surface area contributed by atoms with Crippen LogP contribution in [0, 0.1) is 0 Å². The van der Waals surface area contributed by atoms with Crippen molar-refractivity contribution in [1.29, 1.82) is 0 Å². The van der Waals surface area contributed by atoms with Gasteiger partial charge in [0.2, 0.25) is 0 Å². The molecule has 7 heteroatoms. The molecule has 0 aliphatic rings. The molecule has 0 radical (unpaired) electrons. The second-order valence-electron chi connectivity index (χ2n) is 7.54. The number of rotatable bonds is 8. The second-order valence-corrected chi connectivity index (χ2v) is 7.54. The molecule has 4 aromatic carbocycles. The van der Waals surface area contributed by atoms with E-state index in [0.717, 1.165) is 21.9 Å². The molecule has 0 atom stereocenters. The molecule has 2 amide bonds. The number of carbonyl (C=O) groups is 2. The first-order valence-corrected chi connectivity index (χ1v) is 10.7. The highest BCUT2D eigenvalue weighted by molar-refractivity contribution is 6.01. The third kappa shape index (κ3) is 5.98. The fourth-order valence-corrected chi connectivity index (χ4v) is 3.28. The summed E-state index contributed by atoms with van der Waals surface area (Å²) in [6.45, 7) is 0.354. The largest absolute Gasteiger partial charge is 0.507 e. The number of fused-ring (bicyclic) bond motifs is 1. The van der Waals surface area contributed by atoms with Crippen molar-refractivity contribution in [3.05, 3.63) is 108 Å². The van der Waals surface area contributed by atoms with Gasteiger partial charge in [0.05, 0.1) is 11.8 Å². The maximum absolute atomic E-state index is 12.4. The van der Waals surface area contributed by atoms with Gasteiger partial charge in [0.1, 0.15) is 11.5 Å². The summed E-state index contributed by atoms with van der Waals surface area (Å²) in [7, 11) is 0. The molecule has 34 heavy (non-hydrogen) atoms. The van der Waals surface area contributed by atoms with Crippen molar-refractivity contribution in [2.45, 2.75) is 6.54 Å². The molecule has 3 N–H and O–H groups in total. The van der Waals surface area contributed by atoms with Crippen molar-refractivity contribution < 1.29 is 19.4 Å². The minimum Gasteiger partial charge on any atom is -0.507 e. The molecule has 0 spiro atoms. The molecular weight excluding hydrogens is 430 g/mol. The Morgan fingerprint density at radius 3 is 2.29 bits per heavy atom. The first-order valence-electron chi connectivity index (χ1n) is 10.7. The van der Waals surface area contributed by atoms with Gasteiger partial charge < -0.3 is 15.2 Å². The van der Waals surface area contributed by atoms with Crippen LogP contribution in [0.25, 0.3) is 10.8 Å². The number of phenolic OH excluding ortho intramolecular Hbond substituents is 1. The number of amides is 2. The Morgan fingerprint density at radius 2 is 1.56 bits per heavy atom. The predicted octanol–water partition coefficient (Wildman–Crippen LogP) is 4.00. The zero-order chi connectivity index (χ0) is 23.8. The van der Waals surface area contributed by atoms with Gasteiger partial charge in [-0.2, -0.15) is 5.10 Å². The molecule has 0 aliphatic heterocycles. The lowest BCUT2D eigenvalue weighted by atomic mass is 10.1. The minimum atomic E-state index is -0.513. The molecule has 0 fully saturated rings. The average molecular weight is 453 g/mol. The normalized spacial score (nSPS) is 10.8. The van der Waals surface area contributed by atoms with E-state index in [1.54, 1.807) is 36.4 Å². The third-order valence-corrected chi connectivity index (χ3v) is 5.07. The van der Waals surface area contributed by atoms with Crippen LogP contribution in [-0.4, -0.2) is 29.7 Å². The van der Waals surface area contributed by atoms with Crippen LogP contribution < -0.4 is 15.5 Å². The van der Waals surface area contributed by atoms with E-state index in [4.69, 9.17) is 4.74 Å². The van der Waals surface area contributed by atoms with Crippen molar-refractivity contribution in [3.63, 3.8) is 0 Å². The molecule has 0 aromatic heterocycles. The van der Waals surface area contributed by atoms with Gasteiger partial charge in [0.15, 0.2) is 6.61 Å². The van der Waals surface area contributed by atoms with Gasteiger partial charge in [-0.25, -0.2) is 5.43 Å². The van der Waals surface area contributed by atoms with Crippen LogP contribution in [0.3, 0.4) is 0 Å². The van der Waals surface area contributed by atoms with Crippen molar-refractivity contribution >= 4 is 28.8 Å². The quantitative estimate of drug-likeness (QED) is 0.277. The number of nitrogens with zero attached hydrogens (tertiary/aromatic N) is 1. The van der Waals surface area contributed by atoms with Crippen LogP contribution in [0.2, 0.25) is 0 Å². The predicted molar refractivity (Wildman–Crippen MR) is 131 cm³/mol. The summed E-state index contributed by atoms with van der Waals surface area (Å²) in [5.74, 6) is -0.298. The maximum atomic E-state index is 12.4. The summed E-state index contributed by atoms with van der Waals surface area (Å²) in [6.07, 6.45) is 1.48. The molecule has 0 bridgehead atoms. The minimum absolute atomic E-state index is 0.0917. The number of hydrogen-bond acceptors (Lipinski definition) is 5. The van der Waals surface area contributed by atoms with Gasteiger partial charge in [0.25, 0.3) is 11.8 Å². The Morgan fingerprint density at radius 1 is 0.882 bits per heavy atom. The van der Waals surface area contributed by atoms with Gasteiger partial charge in [-0.3, -0.25) is 9.59 Å². The molecular formula is C27H23N3O4. The van der Waals surface area contributed by atoms with Crippen molar-refractivity contribution in [2.24, 2.45) is 5.10 Å². The van der Waals surface area contributed by atoms with Crippen molar-refractivity contribution in [1.82, 2.24) is 10.7 Å². The summed E-state index contributed by atoms with van der Waals surface area (Å²) in [4.78, 5) is 24.4. The summed E-state index contributed by atoms with van der Waals surface area (Å²) in [6, 6.07) is 27.2. The number of nitrogens with one attached hydrogen (secondary N) is 2. The molecule has 170 valence electrons. The van der Waals surface area contributed by atoms with Crippen molar-refractivity contribution in [3.8, 4) is 11.5 Å². The topological polar surface area (TPSA) is 100 Å². The van der Waals surface area contributed by atoms with E-state index in [1.165, 1.54) is 6.21 Å². The summed E-state index contributed by atoms with van der Waals surface area (Å²) in [5.41, 5.74) is 4.31. The summed E-state index contributed by atoms with van der Waals surface area (Å²) >= 11 is 0. The van der Waals surface area contributed by atoms with Crippen LogP contribution in [0.1, 0.15) is 21.5 Å². The Balaban J connectivity index is 1.26. The van der Waals surface area contributed by atoms with E-state index >= 15 is 0 Å². The Kier molecular flexibility index (Phi) is 7.15. The van der Waals surface area contributed by atoms with Gasteiger partial charge in [0, 0.05) is 6.54 Å². The fraction of sp³-hybridized carbons (Fsp3) is 0.0741. The van der Waals surface area contributed by atoms with E-state index in [1.807, 2.05) is 54.6 Å².